The van der Waals surface area contributed by atoms with Crippen LogP contribution in [0, 0.1) is 0 Å². The summed E-state index contributed by atoms with van der Waals surface area (Å²) in [5.41, 5.74) is 12.1. The fraction of sp³-hybridized carbons (Fsp3) is 0.0909. The van der Waals surface area contributed by atoms with Crippen LogP contribution in [-0.2, 0) is 19.6 Å². The van der Waals surface area contributed by atoms with E-state index in [4.69, 9.17) is 10.7 Å². The maximum absolute atomic E-state index is 13.0. The first-order chi connectivity index (χ1) is 19.2. The summed E-state index contributed by atoms with van der Waals surface area (Å²) < 4.78 is 2.01. The van der Waals surface area contributed by atoms with E-state index < -0.39 is 0 Å². The van der Waals surface area contributed by atoms with E-state index in [1.807, 2.05) is 77.3 Å². The minimum absolute atomic E-state index is 0.148. The first-order valence-electron chi connectivity index (χ1n) is 13.0. The molecule has 0 radical (unpaired) electrons. The molecule has 2 aromatic heterocycles. The number of hydrogen-bond acceptors (Lipinski definition) is 4. The van der Waals surface area contributed by atoms with Gasteiger partial charge in [-0.15, -0.1) is 0 Å². The normalized spacial score (nSPS) is 11.1. The van der Waals surface area contributed by atoms with E-state index in [9.17, 15) is 4.79 Å². The van der Waals surface area contributed by atoms with E-state index in [0.717, 1.165) is 33.6 Å². The summed E-state index contributed by atoms with van der Waals surface area (Å²) in [7, 11) is 0. The Balaban J connectivity index is 1.33. The SMILES string of the molecule is NCc1cccc(CNC(=O)c2ccn3c(NCc4ccccc4)c(-c4ccc5ccccc5c4)nc3c2)c1. The average molecular weight is 512 g/mol. The fourth-order valence-electron chi connectivity index (χ4n) is 4.83. The van der Waals surface area contributed by atoms with Crippen LogP contribution in [0.15, 0.2) is 115 Å². The van der Waals surface area contributed by atoms with Gasteiger partial charge in [0.15, 0.2) is 0 Å². The van der Waals surface area contributed by atoms with Gasteiger partial charge in [0.2, 0.25) is 0 Å². The number of nitrogens with zero attached hydrogens (tertiary/aromatic N) is 2. The molecule has 0 fully saturated rings. The standard InChI is InChI=1S/C33H29N5O/c34-20-24-9-6-10-25(17-24)22-36-33(39)29-15-16-38-30(19-29)37-31(32(38)35-21-23-7-2-1-3-8-23)28-14-13-26-11-4-5-12-27(26)18-28/h1-19,35H,20-22,34H2,(H,36,39). The van der Waals surface area contributed by atoms with Crippen molar-refractivity contribution in [2.75, 3.05) is 5.32 Å². The topological polar surface area (TPSA) is 84.5 Å². The molecule has 0 saturated heterocycles. The summed E-state index contributed by atoms with van der Waals surface area (Å²) in [4.78, 5) is 18.0. The number of pyridine rings is 1. The predicted octanol–water partition coefficient (Wildman–Crippen LogP) is 6.16. The summed E-state index contributed by atoms with van der Waals surface area (Å²) in [6.07, 6.45) is 1.91. The highest BCUT2D eigenvalue weighted by Crippen LogP contribution is 2.32. The van der Waals surface area contributed by atoms with Crippen LogP contribution in [0.5, 0.6) is 0 Å². The van der Waals surface area contributed by atoms with Gasteiger partial charge in [-0.3, -0.25) is 9.20 Å². The number of rotatable bonds is 8. The molecule has 0 aliphatic heterocycles. The molecular weight excluding hydrogens is 482 g/mol. The van der Waals surface area contributed by atoms with E-state index in [-0.39, 0.29) is 5.91 Å². The zero-order valence-corrected chi connectivity index (χ0v) is 21.5. The molecule has 6 aromatic rings. The van der Waals surface area contributed by atoms with Crippen molar-refractivity contribution in [2.45, 2.75) is 19.6 Å². The van der Waals surface area contributed by atoms with Crippen LogP contribution in [-0.4, -0.2) is 15.3 Å². The van der Waals surface area contributed by atoms with Gasteiger partial charge < -0.3 is 16.4 Å². The molecule has 4 aromatic carbocycles. The number of carbonyl (C=O) groups is 1. The Kier molecular flexibility index (Phi) is 6.76. The van der Waals surface area contributed by atoms with Crippen LogP contribution in [0.1, 0.15) is 27.0 Å². The number of benzene rings is 4. The third-order valence-corrected chi connectivity index (χ3v) is 6.89. The van der Waals surface area contributed by atoms with Crippen LogP contribution in [0.2, 0.25) is 0 Å². The van der Waals surface area contributed by atoms with E-state index in [0.29, 0.717) is 30.8 Å². The molecular formula is C33H29N5O. The number of carbonyl (C=O) groups excluding carboxylic acids is 1. The van der Waals surface area contributed by atoms with Gasteiger partial charge >= 0.3 is 0 Å². The van der Waals surface area contributed by atoms with E-state index in [1.165, 1.54) is 10.9 Å². The van der Waals surface area contributed by atoms with Gasteiger partial charge in [-0.25, -0.2) is 4.98 Å². The Labute approximate surface area is 227 Å². The molecule has 0 unspecified atom stereocenters. The van der Waals surface area contributed by atoms with Gasteiger partial charge in [-0.05, 0) is 45.7 Å². The lowest BCUT2D eigenvalue weighted by atomic mass is 10.1. The maximum atomic E-state index is 13.0. The number of anilines is 1. The van der Waals surface area contributed by atoms with Crippen molar-refractivity contribution >= 4 is 28.1 Å². The second kappa shape index (κ2) is 10.8. The molecule has 4 N–H and O–H groups in total. The second-order valence-corrected chi connectivity index (χ2v) is 9.56. The molecule has 192 valence electrons. The Hall–Kier alpha value is -4.94. The number of amides is 1. The van der Waals surface area contributed by atoms with E-state index in [1.54, 1.807) is 0 Å². The zero-order valence-electron chi connectivity index (χ0n) is 21.5. The molecule has 0 bridgehead atoms. The van der Waals surface area contributed by atoms with Crippen molar-refractivity contribution in [3.8, 4) is 11.3 Å². The highest BCUT2D eigenvalue weighted by molar-refractivity contribution is 5.95. The summed E-state index contributed by atoms with van der Waals surface area (Å²) in [5.74, 6) is 0.736. The number of nitrogens with one attached hydrogen (secondary N) is 2. The molecule has 6 nitrogen and oxygen atoms in total. The molecule has 6 rings (SSSR count). The molecule has 39 heavy (non-hydrogen) atoms. The lowest BCUT2D eigenvalue weighted by Crippen LogP contribution is -2.23. The van der Waals surface area contributed by atoms with Crippen LogP contribution in [0.4, 0.5) is 5.82 Å². The van der Waals surface area contributed by atoms with Crippen molar-refractivity contribution in [2.24, 2.45) is 5.73 Å². The van der Waals surface area contributed by atoms with Crippen LogP contribution in [0.3, 0.4) is 0 Å². The van der Waals surface area contributed by atoms with Gasteiger partial charge in [-0.1, -0.05) is 91.0 Å². The summed E-state index contributed by atoms with van der Waals surface area (Å²) in [6, 6.07) is 36.6. The van der Waals surface area contributed by atoms with Crippen molar-refractivity contribution in [3.63, 3.8) is 0 Å². The Morgan fingerprint density at radius 1 is 0.744 bits per heavy atom. The number of aromatic nitrogens is 2. The van der Waals surface area contributed by atoms with E-state index in [2.05, 4.69) is 53.1 Å². The molecule has 0 atom stereocenters. The molecule has 0 aliphatic carbocycles. The Morgan fingerprint density at radius 3 is 2.36 bits per heavy atom. The van der Waals surface area contributed by atoms with Crippen molar-refractivity contribution in [3.05, 3.63) is 138 Å². The third kappa shape index (κ3) is 5.23. The lowest BCUT2D eigenvalue weighted by Gasteiger charge is -2.10. The number of imidazole rings is 1. The summed E-state index contributed by atoms with van der Waals surface area (Å²) >= 11 is 0. The predicted molar refractivity (Wildman–Crippen MR) is 157 cm³/mol. The molecule has 0 aliphatic rings. The quantitative estimate of drug-likeness (QED) is 0.229. The monoisotopic (exact) mass is 511 g/mol. The van der Waals surface area contributed by atoms with Gasteiger partial charge in [0.1, 0.15) is 17.2 Å². The summed E-state index contributed by atoms with van der Waals surface area (Å²) in [6.45, 7) is 1.55. The van der Waals surface area contributed by atoms with Gasteiger partial charge in [0, 0.05) is 37.0 Å². The van der Waals surface area contributed by atoms with Crippen molar-refractivity contribution in [1.82, 2.24) is 14.7 Å². The minimum atomic E-state index is -0.148. The second-order valence-electron chi connectivity index (χ2n) is 9.56. The van der Waals surface area contributed by atoms with E-state index >= 15 is 0 Å². The van der Waals surface area contributed by atoms with Gasteiger partial charge in [-0.2, -0.15) is 0 Å². The van der Waals surface area contributed by atoms with Gasteiger partial charge in [0.25, 0.3) is 5.91 Å². The molecule has 6 heteroatoms. The molecule has 1 amide bonds. The van der Waals surface area contributed by atoms with Crippen LogP contribution in [0.25, 0.3) is 27.7 Å². The number of nitrogens with two attached hydrogens (primary N) is 1. The highest BCUT2D eigenvalue weighted by atomic mass is 16.1. The maximum Gasteiger partial charge on any atom is 0.251 e. The molecule has 2 heterocycles. The Morgan fingerprint density at radius 2 is 1.51 bits per heavy atom. The first kappa shape index (κ1) is 24.4. The zero-order chi connectivity index (χ0) is 26.6. The van der Waals surface area contributed by atoms with Gasteiger partial charge in [0.05, 0.1) is 0 Å². The first-order valence-corrected chi connectivity index (χ1v) is 13.0. The van der Waals surface area contributed by atoms with Crippen molar-refractivity contribution in [1.29, 1.82) is 0 Å². The fourth-order valence-corrected chi connectivity index (χ4v) is 4.83. The Bertz CT molecular complexity index is 1770. The molecule has 0 saturated carbocycles. The van der Waals surface area contributed by atoms with Crippen LogP contribution >= 0.6 is 0 Å². The highest BCUT2D eigenvalue weighted by Gasteiger charge is 2.17. The lowest BCUT2D eigenvalue weighted by molar-refractivity contribution is 0.0951. The van der Waals surface area contributed by atoms with Crippen LogP contribution < -0.4 is 16.4 Å². The summed E-state index contributed by atoms with van der Waals surface area (Å²) in [5, 5.41) is 8.95. The number of hydrogen-bond donors (Lipinski definition) is 3. The smallest absolute Gasteiger partial charge is 0.251 e. The average Bonchev–Trinajstić information content (AvgIpc) is 3.37. The third-order valence-electron chi connectivity index (χ3n) is 6.89. The minimum Gasteiger partial charge on any atom is -0.365 e. The largest absolute Gasteiger partial charge is 0.365 e. The number of fused-ring (bicyclic) bond motifs is 2. The van der Waals surface area contributed by atoms with Crippen molar-refractivity contribution < 1.29 is 4.79 Å². The molecule has 0 spiro atoms.